The molecule has 0 amide bonds. The molecular formula is C13H8N4O2. The van der Waals surface area contributed by atoms with Crippen LogP contribution in [0.4, 0.5) is 0 Å². The molecule has 19 heavy (non-hydrogen) atoms. The quantitative estimate of drug-likeness (QED) is 0.829. The van der Waals surface area contributed by atoms with Gasteiger partial charge >= 0.3 is 6.01 Å². The topological polar surface area (TPSA) is 91.8 Å². The molecule has 0 unspecified atom stereocenters. The van der Waals surface area contributed by atoms with E-state index in [4.69, 9.17) is 20.0 Å². The zero-order valence-electron chi connectivity index (χ0n) is 9.99. The molecule has 2 rings (SSSR count). The van der Waals surface area contributed by atoms with Gasteiger partial charge in [-0.1, -0.05) is 0 Å². The minimum absolute atomic E-state index is 0.0381. The Balaban J connectivity index is 2.32. The molecule has 0 bridgehead atoms. The third-order valence-corrected chi connectivity index (χ3v) is 2.20. The number of hydrogen-bond acceptors (Lipinski definition) is 6. The lowest BCUT2D eigenvalue weighted by Crippen LogP contribution is -1.94. The number of ether oxygens (including phenoxy) is 2. The van der Waals surface area contributed by atoms with Gasteiger partial charge in [-0.15, -0.1) is 0 Å². The van der Waals surface area contributed by atoms with Gasteiger partial charge in [0.05, 0.1) is 18.7 Å². The van der Waals surface area contributed by atoms with E-state index in [1.807, 2.05) is 12.1 Å². The van der Waals surface area contributed by atoms with Crippen LogP contribution in [0.2, 0.25) is 0 Å². The van der Waals surface area contributed by atoms with Crippen molar-refractivity contribution in [1.29, 1.82) is 10.5 Å². The second kappa shape index (κ2) is 5.48. The van der Waals surface area contributed by atoms with Crippen LogP contribution in [0.1, 0.15) is 11.3 Å². The molecule has 0 N–H and O–H groups in total. The van der Waals surface area contributed by atoms with E-state index < -0.39 is 0 Å². The number of benzene rings is 1. The highest BCUT2D eigenvalue weighted by Crippen LogP contribution is 2.25. The molecule has 6 nitrogen and oxygen atoms in total. The lowest BCUT2D eigenvalue weighted by molar-refractivity contribution is 0.404. The molecule has 1 aromatic carbocycles. The van der Waals surface area contributed by atoms with Crippen molar-refractivity contribution in [3.05, 3.63) is 41.7 Å². The Bertz CT molecular complexity index is 686. The van der Waals surface area contributed by atoms with Crippen LogP contribution in [-0.4, -0.2) is 17.1 Å². The fourth-order valence-corrected chi connectivity index (χ4v) is 1.37. The van der Waals surface area contributed by atoms with Gasteiger partial charge in [-0.3, -0.25) is 0 Å². The molecule has 0 atom stereocenters. The normalized spacial score (nSPS) is 9.21. The van der Waals surface area contributed by atoms with E-state index in [-0.39, 0.29) is 11.7 Å². The number of rotatable bonds is 3. The van der Waals surface area contributed by atoms with E-state index >= 15 is 0 Å². The molecule has 0 aliphatic carbocycles. The van der Waals surface area contributed by atoms with E-state index in [9.17, 15) is 0 Å². The summed E-state index contributed by atoms with van der Waals surface area (Å²) in [4.78, 5) is 7.76. The van der Waals surface area contributed by atoms with E-state index in [1.165, 1.54) is 25.4 Å². The smallest absolute Gasteiger partial charge is 0.323 e. The lowest BCUT2D eigenvalue weighted by atomic mass is 10.2. The molecule has 1 aromatic heterocycles. The highest BCUT2D eigenvalue weighted by atomic mass is 16.5. The summed E-state index contributed by atoms with van der Waals surface area (Å²) in [6.45, 7) is 0. The van der Waals surface area contributed by atoms with Gasteiger partial charge in [-0.05, 0) is 18.2 Å². The number of nitrogens with zero attached hydrogens (tertiary/aromatic N) is 4. The van der Waals surface area contributed by atoms with Gasteiger partial charge in [0.2, 0.25) is 0 Å². The van der Waals surface area contributed by atoms with Crippen molar-refractivity contribution in [2.24, 2.45) is 0 Å². The van der Waals surface area contributed by atoms with Gasteiger partial charge in [0.1, 0.15) is 23.3 Å². The van der Waals surface area contributed by atoms with Gasteiger partial charge < -0.3 is 9.47 Å². The van der Waals surface area contributed by atoms with E-state index in [0.717, 1.165) is 0 Å². The number of hydrogen-bond donors (Lipinski definition) is 0. The summed E-state index contributed by atoms with van der Waals surface area (Å²) in [5.74, 6) is 0.858. The molecule has 0 fully saturated rings. The fourth-order valence-electron chi connectivity index (χ4n) is 1.37. The summed E-state index contributed by atoms with van der Waals surface area (Å²) in [7, 11) is 1.49. The molecule has 0 saturated heterocycles. The maximum Gasteiger partial charge on any atom is 0.323 e. The highest BCUT2D eigenvalue weighted by molar-refractivity contribution is 5.44. The second-order valence-electron chi connectivity index (χ2n) is 3.45. The Morgan fingerprint density at radius 3 is 2.58 bits per heavy atom. The monoisotopic (exact) mass is 252 g/mol. The maximum atomic E-state index is 8.89. The van der Waals surface area contributed by atoms with Gasteiger partial charge in [-0.2, -0.15) is 15.5 Å². The highest BCUT2D eigenvalue weighted by Gasteiger charge is 2.06. The lowest BCUT2D eigenvalue weighted by Gasteiger charge is -2.06. The fraction of sp³-hybridized carbons (Fsp3) is 0.0769. The Morgan fingerprint density at radius 1 is 1.11 bits per heavy atom. The SMILES string of the molecule is COc1cc(C#N)cc(Oc2nccc(C#N)n2)c1. The molecular weight excluding hydrogens is 244 g/mol. The molecule has 6 heteroatoms. The molecule has 0 spiro atoms. The summed E-state index contributed by atoms with van der Waals surface area (Å²) in [5, 5.41) is 17.6. The molecule has 0 radical (unpaired) electrons. The van der Waals surface area contributed by atoms with Crippen molar-refractivity contribution >= 4 is 0 Å². The minimum Gasteiger partial charge on any atom is -0.497 e. The first-order chi connectivity index (χ1) is 9.25. The summed E-state index contributed by atoms with van der Waals surface area (Å²) in [5.41, 5.74) is 0.596. The third-order valence-electron chi connectivity index (χ3n) is 2.20. The average molecular weight is 252 g/mol. The number of nitriles is 2. The molecule has 2 aromatic rings. The third kappa shape index (κ3) is 2.96. The average Bonchev–Trinajstić information content (AvgIpc) is 2.47. The Labute approximate surface area is 109 Å². The largest absolute Gasteiger partial charge is 0.497 e. The standard InChI is InChI=1S/C13H8N4O2/c1-18-11-4-9(7-14)5-12(6-11)19-13-16-3-2-10(8-15)17-13/h2-6H,1H3. The number of aromatic nitrogens is 2. The molecule has 0 aliphatic rings. The van der Waals surface area contributed by atoms with Gasteiger partial charge in [-0.25, -0.2) is 4.98 Å². The summed E-state index contributed by atoms with van der Waals surface area (Å²) >= 11 is 0. The maximum absolute atomic E-state index is 8.89. The van der Waals surface area contributed by atoms with Crippen LogP contribution >= 0.6 is 0 Å². The van der Waals surface area contributed by atoms with Crippen molar-refractivity contribution in [2.45, 2.75) is 0 Å². The molecule has 1 heterocycles. The first kappa shape index (κ1) is 12.3. The van der Waals surface area contributed by atoms with Crippen molar-refractivity contribution in [3.63, 3.8) is 0 Å². The first-order valence-electron chi connectivity index (χ1n) is 5.25. The number of methoxy groups -OCH3 is 1. The summed E-state index contributed by atoms with van der Waals surface area (Å²) in [6.07, 6.45) is 1.42. The minimum atomic E-state index is 0.0381. The van der Waals surface area contributed by atoms with E-state index in [2.05, 4.69) is 9.97 Å². The zero-order chi connectivity index (χ0) is 13.7. The van der Waals surface area contributed by atoms with Crippen LogP contribution in [0.25, 0.3) is 0 Å². The van der Waals surface area contributed by atoms with Crippen LogP contribution in [-0.2, 0) is 0 Å². The Kier molecular flexibility index (Phi) is 3.56. The Morgan fingerprint density at radius 2 is 1.89 bits per heavy atom. The molecule has 0 saturated carbocycles. The summed E-state index contributed by atoms with van der Waals surface area (Å²) in [6, 6.07) is 10.1. The van der Waals surface area contributed by atoms with Crippen LogP contribution in [0.5, 0.6) is 17.5 Å². The Hall–Kier alpha value is -3.12. The van der Waals surface area contributed by atoms with Crippen LogP contribution in [0.3, 0.4) is 0 Å². The van der Waals surface area contributed by atoms with Gasteiger partial charge in [0, 0.05) is 12.3 Å². The van der Waals surface area contributed by atoms with E-state index in [1.54, 1.807) is 12.1 Å². The van der Waals surface area contributed by atoms with E-state index in [0.29, 0.717) is 17.1 Å². The van der Waals surface area contributed by atoms with Gasteiger partial charge in [0.15, 0.2) is 0 Å². The van der Waals surface area contributed by atoms with Crippen molar-refractivity contribution in [2.75, 3.05) is 7.11 Å². The van der Waals surface area contributed by atoms with Gasteiger partial charge in [0.25, 0.3) is 0 Å². The van der Waals surface area contributed by atoms with Crippen molar-refractivity contribution < 1.29 is 9.47 Å². The first-order valence-corrected chi connectivity index (χ1v) is 5.25. The summed E-state index contributed by atoms with van der Waals surface area (Å²) < 4.78 is 10.5. The van der Waals surface area contributed by atoms with Crippen molar-refractivity contribution in [3.8, 4) is 29.6 Å². The molecule has 92 valence electrons. The van der Waals surface area contributed by atoms with Crippen molar-refractivity contribution in [1.82, 2.24) is 9.97 Å². The van der Waals surface area contributed by atoms with Crippen LogP contribution < -0.4 is 9.47 Å². The predicted molar refractivity (Wildman–Crippen MR) is 64.5 cm³/mol. The molecule has 0 aliphatic heterocycles. The van der Waals surface area contributed by atoms with Crippen LogP contribution in [0.15, 0.2) is 30.5 Å². The second-order valence-corrected chi connectivity index (χ2v) is 3.45. The predicted octanol–water partition coefficient (Wildman–Crippen LogP) is 2.02. The zero-order valence-corrected chi connectivity index (χ0v) is 9.99. The van der Waals surface area contributed by atoms with Crippen LogP contribution in [0, 0.1) is 22.7 Å².